The van der Waals surface area contributed by atoms with Gasteiger partial charge in [0.2, 0.25) is 5.91 Å². The van der Waals surface area contributed by atoms with E-state index in [1.165, 1.54) is 12.1 Å². The molecule has 0 fully saturated rings. The maximum absolute atomic E-state index is 12.7. The fourth-order valence-electron chi connectivity index (χ4n) is 1.64. The molecule has 1 aromatic carbocycles. The molecule has 1 rings (SSSR count). The molecule has 0 heterocycles. The van der Waals surface area contributed by atoms with Gasteiger partial charge in [-0.25, -0.2) is 4.39 Å². The van der Waals surface area contributed by atoms with Gasteiger partial charge in [0.25, 0.3) is 0 Å². The Morgan fingerprint density at radius 2 is 2.00 bits per heavy atom. The molecule has 100 valence electrons. The molecular formula is C14H20FNO2. The lowest BCUT2D eigenvalue weighted by molar-refractivity contribution is -0.121. The van der Waals surface area contributed by atoms with E-state index in [9.17, 15) is 9.18 Å². The molecule has 0 saturated carbocycles. The van der Waals surface area contributed by atoms with Crippen LogP contribution in [0.25, 0.3) is 0 Å². The van der Waals surface area contributed by atoms with Gasteiger partial charge in [-0.3, -0.25) is 4.79 Å². The Hall–Kier alpha value is -1.42. The molecule has 0 aliphatic carbocycles. The quantitative estimate of drug-likeness (QED) is 0.722. The molecule has 0 aromatic heterocycles. The number of amides is 1. The number of methoxy groups -OCH3 is 1. The van der Waals surface area contributed by atoms with Gasteiger partial charge in [-0.05, 0) is 37.0 Å². The van der Waals surface area contributed by atoms with Crippen LogP contribution in [0.15, 0.2) is 24.3 Å². The molecule has 3 nitrogen and oxygen atoms in total. The van der Waals surface area contributed by atoms with Crippen LogP contribution < -0.4 is 5.32 Å². The Kier molecular flexibility index (Phi) is 7.03. The number of halogens is 1. The lowest BCUT2D eigenvalue weighted by Crippen LogP contribution is -2.24. The van der Waals surface area contributed by atoms with Gasteiger partial charge in [0.05, 0.1) is 0 Å². The first kappa shape index (κ1) is 14.6. The Balaban J connectivity index is 2.10. The van der Waals surface area contributed by atoms with Crippen molar-refractivity contribution in [2.24, 2.45) is 0 Å². The van der Waals surface area contributed by atoms with Gasteiger partial charge >= 0.3 is 0 Å². The number of rotatable bonds is 8. The predicted octanol–water partition coefficient (Wildman–Crippen LogP) is 2.30. The zero-order valence-electron chi connectivity index (χ0n) is 10.7. The first-order valence-corrected chi connectivity index (χ1v) is 6.22. The van der Waals surface area contributed by atoms with E-state index in [1.54, 1.807) is 19.2 Å². The number of nitrogens with one attached hydrogen (secondary N) is 1. The fraction of sp³-hybridized carbons (Fsp3) is 0.500. The summed E-state index contributed by atoms with van der Waals surface area (Å²) < 4.78 is 17.6. The molecule has 0 bridgehead atoms. The average Bonchev–Trinajstić information content (AvgIpc) is 2.37. The van der Waals surface area contributed by atoms with Crippen LogP contribution in [-0.2, 0) is 16.0 Å². The normalized spacial score (nSPS) is 10.3. The molecule has 0 aliphatic rings. The summed E-state index contributed by atoms with van der Waals surface area (Å²) in [5.74, 6) is -0.164. The van der Waals surface area contributed by atoms with Crippen LogP contribution in [0.4, 0.5) is 4.39 Å². The van der Waals surface area contributed by atoms with Crippen molar-refractivity contribution < 1.29 is 13.9 Å². The van der Waals surface area contributed by atoms with Gasteiger partial charge in [-0.2, -0.15) is 0 Å². The van der Waals surface area contributed by atoms with Crippen molar-refractivity contribution in [1.29, 1.82) is 0 Å². The van der Waals surface area contributed by atoms with Crippen molar-refractivity contribution in [3.05, 3.63) is 35.6 Å². The fourth-order valence-corrected chi connectivity index (χ4v) is 1.64. The summed E-state index contributed by atoms with van der Waals surface area (Å²) in [6.07, 6.45) is 2.91. The second kappa shape index (κ2) is 8.64. The number of ether oxygens (including phenoxy) is 1. The van der Waals surface area contributed by atoms with Gasteiger partial charge in [-0.15, -0.1) is 0 Å². The SMILES string of the molecule is COCCCNC(=O)CCCc1ccc(F)cc1. The minimum Gasteiger partial charge on any atom is -0.385 e. The summed E-state index contributed by atoms with van der Waals surface area (Å²) in [4.78, 5) is 11.4. The molecule has 1 amide bonds. The van der Waals surface area contributed by atoms with E-state index in [0.29, 0.717) is 19.6 Å². The third-order valence-corrected chi connectivity index (χ3v) is 2.63. The van der Waals surface area contributed by atoms with E-state index in [0.717, 1.165) is 24.8 Å². The molecule has 4 heteroatoms. The Morgan fingerprint density at radius 1 is 1.28 bits per heavy atom. The van der Waals surface area contributed by atoms with Gasteiger partial charge in [0.15, 0.2) is 0 Å². The van der Waals surface area contributed by atoms with Crippen molar-refractivity contribution in [2.45, 2.75) is 25.7 Å². The molecule has 1 aromatic rings. The minimum atomic E-state index is -0.227. The highest BCUT2D eigenvalue weighted by atomic mass is 19.1. The van der Waals surface area contributed by atoms with Crippen molar-refractivity contribution >= 4 is 5.91 Å². The van der Waals surface area contributed by atoms with E-state index in [-0.39, 0.29) is 11.7 Å². The van der Waals surface area contributed by atoms with Crippen LogP contribution in [0.5, 0.6) is 0 Å². The Bertz CT molecular complexity index is 351. The van der Waals surface area contributed by atoms with Crippen LogP contribution in [0.3, 0.4) is 0 Å². The first-order chi connectivity index (χ1) is 8.72. The molecule has 0 atom stereocenters. The van der Waals surface area contributed by atoms with Crippen molar-refractivity contribution in [3.63, 3.8) is 0 Å². The molecule has 0 saturated heterocycles. The maximum atomic E-state index is 12.7. The van der Waals surface area contributed by atoms with E-state index >= 15 is 0 Å². The van der Waals surface area contributed by atoms with Gasteiger partial charge in [-0.1, -0.05) is 12.1 Å². The van der Waals surface area contributed by atoms with Gasteiger partial charge in [0.1, 0.15) is 5.82 Å². The van der Waals surface area contributed by atoms with E-state index in [4.69, 9.17) is 4.74 Å². The standard InChI is InChI=1S/C14H20FNO2/c1-18-11-3-10-16-14(17)5-2-4-12-6-8-13(15)9-7-12/h6-9H,2-5,10-11H2,1H3,(H,16,17). The first-order valence-electron chi connectivity index (χ1n) is 6.22. The highest BCUT2D eigenvalue weighted by Gasteiger charge is 2.01. The molecule has 0 radical (unpaired) electrons. The topological polar surface area (TPSA) is 38.3 Å². The van der Waals surface area contributed by atoms with E-state index in [1.807, 2.05) is 0 Å². The number of hydrogen-bond acceptors (Lipinski definition) is 2. The van der Waals surface area contributed by atoms with Gasteiger partial charge in [0, 0.05) is 26.7 Å². The molecule has 0 aliphatic heterocycles. The van der Waals surface area contributed by atoms with Crippen LogP contribution >= 0.6 is 0 Å². The Labute approximate surface area is 107 Å². The van der Waals surface area contributed by atoms with E-state index in [2.05, 4.69) is 5.32 Å². The average molecular weight is 253 g/mol. The number of carbonyl (C=O) groups is 1. The summed E-state index contributed by atoms with van der Waals surface area (Å²) in [6, 6.07) is 6.40. The lowest BCUT2D eigenvalue weighted by atomic mass is 10.1. The second-order valence-corrected chi connectivity index (χ2v) is 4.18. The summed E-state index contributed by atoms with van der Waals surface area (Å²) >= 11 is 0. The maximum Gasteiger partial charge on any atom is 0.220 e. The summed E-state index contributed by atoms with van der Waals surface area (Å²) in [5.41, 5.74) is 1.06. The van der Waals surface area contributed by atoms with E-state index < -0.39 is 0 Å². The highest BCUT2D eigenvalue weighted by Crippen LogP contribution is 2.06. The predicted molar refractivity (Wildman–Crippen MR) is 68.8 cm³/mol. The number of aryl methyl sites for hydroxylation is 1. The molecule has 18 heavy (non-hydrogen) atoms. The highest BCUT2D eigenvalue weighted by molar-refractivity contribution is 5.75. The zero-order chi connectivity index (χ0) is 13.2. The summed E-state index contributed by atoms with van der Waals surface area (Å²) in [6.45, 7) is 1.32. The van der Waals surface area contributed by atoms with Crippen LogP contribution in [0, 0.1) is 5.82 Å². The summed E-state index contributed by atoms with van der Waals surface area (Å²) in [7, 11) is 1.64. The monoisotopic (exact) mass is 253 g/mol. The van der Waals surface area contributed by atoms with Crippen molar-refractivity contribution in [3.8, 4) is 0 Å². The third-order valence-electron chi connectivity index (χ3n) is 2.63. The van der Waals surface area contributed by atoms with Gasteiger partial charge < -0.3 is 10.1 Å². The van der Waals surface area contributed by atoms with Crippen LogP contribution in [0.1, 0.15) is 24.8 Å². The lowest BCUT2D eigenvalue weighted by Gasteiger charge is -2.05. The largest absolute Gasteiger partial charge is 0.385 e. The smallest absolute Gasteiger partial charge is 0.220 e. The molecular weight excluding hydrogens is 233 g/mol. The van der Waals surface area contributed by atoms with Crippen LogP contribution in [-0.4, -0.2) is 26.2 Å². The molecule has 0 unspecified atom stereocenters. The number of benzene rings is 1. The van der Waals surface area contributed by atoms with Crippen molar-refractivity contribution in [1.82, 2.24) is 5.32 Å². The van der Waals surface area contributed by atoms with Crippen molar-refractivity contribution in [2.75, 3.05) is 20.3 Å². The Morgan fingerprint density at radius 3 is 2.67 bits per heavy atom. The number of carbonyl (C=O) groups excluding carboxylic acids is 1. The zero-order valence-corrected chi connectivity index (χ0v) is 10.7. The van der Waals surface area contributed by atoms with Crippen LogP contribution in [0.2, 0.25) is 0 Å². The third kappa shape index (κ3) is 6.35. The summed E-state index contributed by atoms with van der Waals surface area (Å²) in [5, 5.41) is 2.83. The molecule has 1 N–H and O–H groups in total. The number of hydrogen-bond donors (Lipinski definition) is 1. The second-order valence-electron chi connectivity index (χ2n) is 4.18. The minimum absolute atomic E-state index is 0.0632. The molecule has 0 spiro atoms.